The molecule has 3 rings (SSSR count). The predicted octanol–water partition coefficient (Wildman–Crippen LogP) is 3.52. The van der Waals surface area contributed by atoms with E-state index in [1.807, 2.05) is 38.1 Å². The Labute approximate surface area is 161 Å². The third-order valence-electron chi connectivity index (χ3n) is 4.39. The van der Waals surface area contributed by atoms with Crippen molar-refractivity contribution in [3.05, 3.63) is 57.0 Å². The first-order chi connectivity index (χ1) is 12.7. The Kier molecular flexibility index (Phi) is 5.06. The lowest BCUT2D eigenvalue weighted by molar-refractivity contribution is -0.119. The molecule has 0 radical (unpaired) electrons. The van der Waals surface area contributed by atoms with Gasteiger partial charge in [0.25, 0.3) is 11.5 Å². The number of benzene rings is 1. The standard InChI is InChI=1S/C20H23N3O3S/c1-12-13(2)27-18-17(12)19(25)23(11-21-18)22-16(24)10-26-15-9-7-6-8-14(15)20(3,4)5/h6-9,11H,10H2,1-5H3,(H,22,24). The molecule has 0 atom stereocenters. The number of ether oxygens (including phenoxy) is 1. The summed E-state index contributed by atoms with van der Waals surface area (Å²) in [5.41, 5.74) is 4.07. The number of carbonyl (C=O) groups excluding carboxylic acids is 1. The van der Waals surface area contributed by atoms with Gasteiger partial charge < -0.3 is 4.74 Å². The summed E-state index contributed by atoms with van der Waals surface area (Å²) in [6, 6.07) is 7.63. The summed E-state index contributed by atoms with van der Waals surface area (Å²) in [6.45, 7) is 9.89. The van der Waals surface area contributed by atoms with Crippen molar-refractivity contribution in [1.29, 1.82) is 0 Å². The zero-order valence-corrected chi connectivity index (χ0v) is 16.9. The van der Waals surface area contributed by atoms with Gasteiger partial charge in [-0.3, -0.25) is 15.0 Å². The number of fused-ring (bicyclic) bond motifs is 1. The molecule has 1 N–H and O–H groups in total. The van der Waals surface area contributed by atoms with E-state index in [0.29, 0.717) is 16.0 Å². The number of hydrogen-bond acceptors (Lipinski definition) is 5. The maximum absolute atomic E-state index is 12.6. The SMILES string of the molecule is Cc1sc2ncn(NC(=O)COc3ccccc3C(C)(C)C)c(=O)c2c1C. The normalized spacial score (nSPS) is 11.6. The molecule has 0 aliphatic rings. The van der Waals surface area contributed by atoms with E-state index >= 15 is 0 Å². The molecule has 0 spiro atoms. The minimum Gasteiger partial charge on any atom is -0.483 e. The summed E-state index contributed by atoms with van der Waals surface area (Å²) in [5, 5.41) is 0.541. The first-order valence-electron chi connectivity index (χ1n) is 8.68. The minimum absolute atomic E-state index is 0.104. The zero-order chi connectivity index (χ0) is 19.8. The number of aryl methyl sites for hydroxylation is 2. The third-order valence-corrected chi connectivity index (χ3v) is 5.50. The van der Waals surface area contributed by atoms with Gasteiger partial charge in [0.05, 0.1) is 5.39 Å². The lowest BCUT2D eigenvalue weighted by Crippen LogP contribution is -2.35. The van der Waals surface area contributed by atoms with E-state index < -0.39 is 5.91 Å². The zero-order valence-electron chi connectivity index (χ0n) is 16.1. The van der Waals surface area contributed by atoms with Gasteiger partial charge >= 0.3 is 0 Å². The molecule has 0 bridgehead atoms. The van der Waals surface area contributed by atoms with Crippen LogP contribution in [0.3, 0.4) is 0 Å². The second kappa shape index (κ2) is 7.15. The van der Waals surface area contributed by atoms with Crippen LogP contribution < -0.4 is 15.7 Å². The summed E-state index contributed by atoms with van der Waals surface area (Å²) >= 11 is 1.47. The van der Waals surface area contributed by atoms with Gasteiger partial charge in [-0.25, -0.2) is 9.66 Å². The van der Waals surface area contributed by atoms with Crippen LogP contribution in [0.4, 0.5) is 0 Å². The molecule has 2 heterocycles. The average Bonchev–Trinajstić information content (AvgIpc) is 2.90. The molecule has 3 aromatic rings. The van der Waals surface area contributed by atoms with Crippen LogP contribution in [0.1, 0.15) is 36.8 Å². The van der Waals surface area contributed by atoms with Crippen molar-refractivity contribution >= 4 is 27.5 Å². The van der Waals surface area contributed by atoms with Gasteiger partial charge in [-0.1, -0.05) is 39.0 Å². The average molecular weight is 385 g/mol. The van der Waals surface area contributed by atoms with Gasteiger partial charge in [-0.05, 0) is 36.5 Å². The van der Waals surface area contributed by atoms with Gasteiger partial charge in [-0.2, -0.15) is 0 Å². The van der Waals surface area contributed by atoms with Crippen LogP contribution >= 0.6 is 11.3 Å². The molecule has 27 heavy (non-hydrogen) atoms. The van der Waals surface area contributed by atoms with Gasteiger partial charge in [0.1, 0.15) is 16.9 Å². The molecule has 6 nitrogen and oxygen atoms in total. The fourth-order valence-electron chi connectivity index (χ4n) is 2.84. The second-order valence-electron chi connectivity index (χ2n) is 7.45. The van der Waals surface area contributed by atoms with Crippen LogP contribution in [0.25, 0.3) is 10.2 Å². The molecule has 0 saturated heterocycles. The van der Waals surface area contributed by atoms with E-state index in [1.165, 1.54) is 17.7 Å². The van der Waals surface area contributed by atoms with Crippen molar-refractivity contribution in [1.82, 2.24) is 9.66 Å². The van der Waals surface area contributed by atoms with E-state index in [1.54, 1.807) is 0 Å². The lowest BCUT2D eigenvalue weighted by atomic mass is 9.86. The van der Waals surface area contributed by atoms with Crippen molar-refractivity contribution in [2.45, 2.75) is 40.0 Å². The smallest absolute Gasteiger partial charge is 0.281 e. The highest BCUT2D eigenvalue weighted by atomic mass is 32.1. The fourth-order valence-corrected chi connectivity index (χ4v) is 3.82. The number of nitrogens with one attached hydrogen (secondary N) is 1. The quantitative estimate of drug-likeness (QED) is 0.746. The van der Waals surface area contributed by atoms with Crippen LogP contribution in [0.5, 0.6) is 5.75 Å². The molecule has 0 aliphatic heterocycles. The predicted molar refractivity (Wildman–Crippen MR) is 108 cm³/mol. The summed E-state index contributed by atoms with van der Waals surface area (Å²) < 4.78 is 6.82. The van der Waals surface area contributed by atoms with Crippen LogP contribution in [-0.4, -0.2) is 22.2 Å². The molecule has 1 aromatic carbocycles. The highest BCUT2D eigenvalue weighted by Crippen LogP contribution is 2.30. The Balaban J connectivity index is 1.76. The van der Waals surface area contributed by atoms with Crippen molar-refractivity contribution in [2.75, 3.05) is 12.0 Å². The van der Waals surface area contributed by atoms with Crippen LogP contribution in [0, 0.1) is 13.8 Å². The lowest BCUT2D eigenvalue weighted by Gasteiger charge is -2.22. The van der Waals surface area contributed by atoms with E-state index in [2.05, 4.69) is 31.2 Å². The van der Waals surface area contributed by atoms with E-state index in [4.69, 9.17) is 4.74 Å². The van der Waals surface area contributed by atoms with Gasteiger partial charge in [0.15, 0.2) is 6.61 Å². The number of nitrogens with zero attached hydrogens (tertiary/aromatic N) is 2. The van der Waals surface area contributed by atoms with E-state index in [-0.39, 0.29) is 17.6 Å². The van der Waals surface area contributed by atoms with E-state index in [9.17, 15) is 9.59 Å². The Bertz CT molecular complexity index is 1060. The number of thiophene rings is 1. The highest BCUT2D eigenvalue weighted by Gasteiger charge is 2.19. The van der Waals surface area contributed by atoms with Gasteiger partial charge in [0, 0.05) is 4.88 Å². The largest absolute Gasteiger partial charge is 0.483 e. The van der Waals surface area contributed by atoms with Gasteiger partial charge in [0.2, 0.25) is 0 Å². The first kappa shape index (κ1) is 19.1. The molecule has 2 aromatic heterocycles. The number of amides is 1. The molecule has 1 amide bonds. The van der Waals surface area contributed by atoms with E-state index in [0.717, 1.165) is 20.7 Å². The summed E-state index contributed by atoms with van der Waals surface area (Å²) in [7, 11) is 0. The highest BCUT2D eigenvalue weighted by molar-refractivity contribution is 7.18. The Hall–Kier alpha value is -2.67. The van der Waals surface area contributed by atoms with Crippen LogP contribution in [-0.2, 0) is 10.2 Å². The monoisotopic (exact) mass is 385 g/mol. The van der Waals surface area contributed by atoms with Crippen molar-refractivity contribution in [3.63, 3.8) is 0 Å². The Morgan fingerprint density at radius 3 is 2.67 bits per heavy atom. The molecule has 0 aliphatic carbocycles. The topological polar surface area (TPSA) is 73.2 Å². The second-order valence-corrected chi connectivity index (χ2v) is 8.66. The maximum atomic E-state index is 12.6. The molecule has 0 unspecified atom stereocenters. The molecule has 0 fully saturated rings. The number of carbonyl (C=O) groups is 1. The summed E-state index contributed by atoms with van der Waals surface area (Å²) in [5.74, 6) is 0.233. The molecule has 142 valence electrons. The third kappa shape index (κ3) is 3.88. The fraction of sp³-hybridized carbons (Fsp3) is 0.350. The van der Waals surface area contributed by atoms with Crippen molar-refractivity contribution in [3.8, 4) is 5.75 Å². The number of aromatic nitrogens is 2. The molecular formula is C20H23N3O3S. The Morgan fingerprint density at radius 1 is 1.26 bits per heavy atom. The summed E-state index contributed by atoms with van der Waals surface area (Å²) in [6.07, 6.45) is 1.33. The van der Waals surface area contributed by atoms with Crippen LogP contribution in [0.2, 0.25) is 0 Å². The molecular weight excluding hydrogens is 362 g/mol. The van der Waals surface area contributed by atoms with Crippen molar-refractivity contribution in [2.24, 2.45) is 0 Å². The molecule has 0 saturated carbocycles. The Morgan fingerprint density at radius 2 is 1.96 bits per heavy atom. The number of para-hydroxylation sites is 1. The maximum Gasteiger partial charge on any atom is 0.281 e. The first-order valence-corrected chi connectivity index (χ1v) is 9.49. The number of hydrogen-bond donors (Lipinski definition) is 1. The van der Waals surface area contributed by atoms with Gasteiger partial charge in [-0.15, -0.1) is 11.3 Å². The number of rotatable bonds is 4. The summed E-state index contributed by atoms with van der Waals surface area (Å²) in [4.78, 5) is 30.9. The molecule has 7 heteroatoms. The minimum atomic E-state index is -0.424. The van der Waals surface area contributed by atoms with Crippen LogP contribution in [0.15, 0.2) is 35.4 Å². The van der Waals surface area contributed by atoms with Crippen molar-refractivity contribution < 1.29 is 9.53 Å².